The molecule has 4 nitrogen and oxygen atoms in total. The van der Waals surface area contributed by atoms with Crippen LogP contribution in [0.15, 0.2) is 47.3 Å². The lowest BCUT2D eigenvalue weighted by Crippen LogP contribution is -2.12. The third-order valence-electron chi connectivity index (χ3n) is 4.25. The largest absolute Gasteiger partial charge is 0.440 e. The highest BCUT2D eigenvalue weighted by molar-refractivity contribution is 5.47. The Morgan fingerprint density at radius 1 is 1.23 bits per heavy atom. The first-order chi connectivity index (χ1) is 10.8. The van der Waals surface area contributed by atoms with Gasteiger partial charge in [0.1, 0.15) is 17.8 Å². The molecule has 0 bridgehead atoms. The second kappa shape index (κ2) is 5.37. The molecule has 1 aliphatic rings. The van der Waals surface area contributed by atoms with E-state index in [2.05, 4.69) is 46.1 Å². The molecular weight excluding hydrogens is 274 g/mol. The van der Waals surface area contributed by atoms with E-state index >= 15 is 0 Å². The molecule has 0 saturated carbocycles. The molecule has 0 spiro atoms. The van der Waals surface area contributed by atoms with Gasteiger partial charge in [-0.15, -0.1) is 0 Å². The maximum Gasteiger partial charge on any atom is 0.245 e. The van der Waals surface area contributed by atoms with Gasteiger partial charge in [-0.1, -0.05) is 29.8 Å². The highest BCUT2D eigenvalue weighted by atomic mass is 16.4. The Morgan fingerprint density at radius 3 is 3.00 bits per heavy atom. The zero-order valence-electron chi connectivity index (χ0n) is 12.5. The first-order valence-corrected chi connectivity index (χ1v) is 7.61. The monoisotopic (exact) mass is 291 g/mol. The number of benzene rings is 1. The molecule has 0 amide bonds. The molecule has 4 rings (SSSR count). The minimum absolute atomic E-state index is 0.524. The van der Waals surface area contributed by atoms with Crippen molar-refractivity contribution in [2.24, 2.45) is 0 Å². The summed E-state index contributed by atoms with van der Waals surface area (Å²) < 4.78 is 5.90. The maximum atomic E-state index is 5.90. The van der Waals surface area contributed by atoms with Gasteiger partial charge in [0.15, 0.2) is 0 Å². The standard InChI is InChI=1S/C18H17N3O/c1-12-3-2-4-13(9-12)14-5-6-17-16(10-14)21-18(22-17)15-7-8-19-11-20-15/h2-4,7-9,11,14H,5-6,10H2,1H3. The molecule has 0 saturated heterocycles. The molecule has 1 atom stereocenters. The lowest BCUT2D eigenvalue weighted by atomic mass is 9.84. The molecule has 1 unspecified atom stereocenters. The molecule has 0 N–H and O–H groups in total. The Hall–Kier alpha value is -2.49. The predicted molar refractivity (Wildman–Crippen MR) is 83.5 cm³/mol. The van der Waals surface area contributed by atoms with Gasteiger partial charge in [0.2, 0.25) is 5.89 Å². The zero-order chi connectivity index (χ0) is 14.9. The molecular formula is C18H17N3O. The Bertz CT molecular complexity index is 795. The van der Waals surface area contributed by atoms with Crippen molar-refractivity contribution in [1.29, 1.82) is 0 Å². The van der Waals surface area contributed by atoms with Gasteiger partial charge in [-0.25, -0.2) is 15.0 Å². The smallest absolute Gasteiger partial charge is 0.245 e. The van der Waals surface area contributed by atoms with Gasteiger partial charge in [0.25, 0.3) is 0 Å². The van der Waals surface area contributed by atoms with E-state index in [-0.39, 0.29) is 0 Å². The normalized spacial score (nSPS) is 17.2. The summed E-state index contributed by atoms with van der Waals surface area (Å²) >= 11 is 0. The molecule has 0 radical (unpaired) electrons. The average Bonchev–Trinajstić information content (AvgIpc) is 2.99. The van der Waals surface area contributed by atoms with Crippen molar-refractivity contribution in [2.45, 2.75) is 32.1 Å². The van der Waals surface area contributed by atoms with Crippen LogP contribution in [0.3, 0.4) is 0 Å². The number of aromatic nitrogens is 3. The fraction of sp³-hybridized carbons (Fsp3) is 0.278. The van der Waals surface area contributed by atoms with Crippen LogP contribution in [0.1, 0.15) is 34.9 Å². The Morgan fingerprint density at radius 2 is 2.18 bits per heavy atom. The van der Waals surface area contributed by atoms with Gasteiger partial charge in [-0.05, 0) is 30.9 Å². The Labute approximate surface area is 129 Å². The number of aryl methyl sites for hydroxylation is 2. The van der Waals surface area contributed by atoms with Crippen LogP contribution in [0.2, 0.25) is 0 Å². The minimum atomic E-state index is 0.524. The average molecular weight is 291 g/mol. The van der Waals surface area contributed by atoms with Crippen LogP contribution >= 0.6 is 0 Å². The van der Waals surface area contributed by atoms with E-state index in [4.69, 9.17) is 4.42 Å². The van der Waals surface area contributed by atoms with Gasteiger partial charge in [0, 0.05) is 19.0 Å². The molecule has 110 valence electrons. The van der Waals surface area contributed by atoms with E-state index in [0.29, 0.717) is 11.8 Å². The van der Waals surface area contributed by atoms with Gasteiger partial charge < -0.3 is 4.42 Å². The molecule has 2 aromatic heterocycles. The number of hydrogen-bond donors (Lipinski definition) is 0. The maximum absolute atomic E-state index is 5.90. The van der Waals surface area contributed by atoms with E-state index in [1.165, 1.54) is 17.5 Å². The van der Waals surface area contributed by atoms with E-state index in [1.807, 2.05) is 6.07 Å². The highest BCUT2D eigenvalue weighted by Gasteiger charge is 2.25. The van der Waals surface area contributed by atoms with Crippen molar-refractivity contribution >= 4 is 0 Å². The van der Waals surface area contributed by atoms with Crippen LogP contribution in [-0.4, -0.2) is 15.0 Å². The second-order valence-corrected chi connectivity index (χ2v) is 5.84. The summed E-state index contributed by atoms with van der Waals surface area (Å²) in [7, 11) is 0. The van der Waals surface area contributed by atoms with Gasteiger partial charge in [-0.2, -0.15) is 0 Å². The number of fused-ring (bicyclic) bond motifs is 1. The molecule has 4 heteroatoms. The fourth-order valence-electron chi connectivity index (χ4n) is 3.11. The molecule has 3 aromatic rings. The topological polar surface area (TPSA) is 51.8 Å². The van der Waals surface area contributed by atoms with Crippen LogP contribution < -0.4 is 0 Å². The summed E-state index contributed by atoms with van der Waals surface area (Å²) in [5, 5.41) is 0. The van der Waals surface area contributed by atoms with Gasteiger partial charge >= 0.3 is 0 Å². The van der Waals surface area contributed by atoms with Crippen LogP contribution in [-0.2, 0) is 12.8 Å². The van der Waals surface area contributed by atoms with E-state index < -0.39 is 0 Å². The van der Waals surface area contributed by atoms with Crippen LogP contribution in [0.4, 0.5) is 0 Å². The van der Waals surface area contributed by atoms with Crippen LogP contribution in [0.25, 0.3) is 11.6 Å². The number of oxazole rings is 1. The van der Waals surface area contributed by atoms with Crippen molar-refractivity contribution in [3.8, 4) is 11.6 Å². The summed E-state index contributed by atoms with van der Waals surface area (Å²) in [4.78, 5) is 12.8. The van der Waals surface area contributed by atoms with Crippen molar-refractivity contribution in [3.63, 3.8) is 0 Å². The third-order valence-corrected chi connectivity index (χ3v) is 4.25. The first kappa shape index (κ1) is 13.2. The van der Waals surface area contributed by atoms with Crippen molar-refractivity contribution in [2.75, 3.05) is 0 Å². The SMILES string of the molecule is Cc1cccc(C2CCc3oc(-c4ccncn4)nc3C2)c1. The molecule has 0 aliphatic heterocycles. The van der Waals surface area contributed by atoms with Gasteiger partial charge in [-0.3, -0.25) is 0 Å². The number of nitrogens with zero attached hydrogens (tertiary/aromatic N) is 3. The summed E-state index contributed by atoms with van der Waals surface area (Å²) in [6, 6.07) is 10.6. The summed E-state index contributed by atoms with van der Waals surface area (Å²) in [6.07, 6.45) is 6.21. The second-order valence-electron chi connectivity index (χ2n) is 5.84. The van der Waals surface area contributed by atoms with Crippen molar-refractivity contribution in [1.82, 2.24) is 15.0 Å². The predicted octanol–water partition coefficient (Wildman–Crippen LogP) is 3.71. The number of rotatable bonds is 2. The quantitative estimate of drug-likeness (QED) is 0.722. The molecule has 1 aliphatic carbocycles. The molecule has 22 heavy (non-hydrogen) atoms. The van der Waals surface area contributed by atoms with Gasteiger partial charge in [0.05, 0.1) is 5.69 Å². The highest BCUT2D eigenvalue weighted by Crippen LogP contribution is 2.34. The van der Waals surface area contributed by atoms with Crippen LogP contribution in [0, 0.1) is 6.92 Å². The summed E-state index contributed by atoms with van der Waals surface area (Å²) in [6.45, 7) is 2.14. The zero-order valence-corrected chi connectivity index (χ0v) is 12.5. The fourth-order valence-corrected chi connectivity index (χ4v) is 3.11. The Kier molecular flexibility index (Phi) is 3.22. The lowest BCUT2D eigenvalue weighted by Gasteiger charge is -2.20. The number of hydrogen-bond acceptors (Lipinski definition) is 4. The lowest BCUT2D eigenvalue weighted by molar-refractivity contribution is 0.464. The van der Waals surface area contributed by atoms with E-state index in [0.717, 1.165) is 36.4 Å². The third kappa shape index (κ3) is 2.41. The summed E-state index contributed by atoms with van der Waals surface area (Å²) in [5.74, 6) is 2.14. The molecule has 0 fully saturated rings. The summed E-state index contributed by atoms with van der Waals surface area (Å²) in [5.41, 5.74) is 4.53. The Balaban J connectivity index is 1.63. The van der Waals surface area contributed by atoms with Crippen molar-refractivity contribution in [3.05, 3.63) is 65.4 Å². The first-order valence-electron chi connectivity index (χ1n) is 7.61. The van der Waals surface area contributed by atoms with Crippen LogP contribution in [0.5, 0.6) is 0 Å². The van der Waals surface area contributed by atoms with E-state index in [9.17, 15) is 0 Å². The molecule has 2 heterocycles. The van der Waals surface area contributed by atoms with Crippen molar-refractivity contribution < 1.29 is 4.42 Å². The minimum Gasteiger partial charge on any atom is -0.440 e. The van der Waals surface area contributed by atoms with E-state index in [1.54, 1.807) is 6.20 Å². The molecule has 1 aromatic carbocycles.